The van der Waals surface area contributed by atoms with Crippen molar-refractivity contribution >= 4 is 17.2 Å². The summed E-state index contributed by atoms with van der Waals surface area (Å²) in [6.45, 7) is 2.21. The number of carbonyl (C=O) groups excluding carboxylic acids is 1. The molecular formula is C14H18N4O4S. The SMILES string of the molecule is O=C(NC[C@H]1COCCO1)c1cn(C[C@@H](O)c2cccs2)nn1. The molecule has 3 rings (SSSR count). The highest BCUT2D eigenvalue weighted by Gasteiger charge is 2.18. The van der Waals surface area contributed by atoms with Crippen LogP contribution in [0.2, 0.25) is 0 Å². The maximum Gasteiger partial charge on any atom is 0.273 e. The van der Waals surface area contributed by atoms with Gasteiger partial charge in [-0.05, 0) is 11.4 Å². The van der Waals surface area contributed by atoms with Gasteiger partial charge in [0.2, 0.25) is 0 Å². The zero-order valence-corrected chi connectivity index (χ0v) is 13.2. The summed E-state index contributed by atoms with van der Waals surface area (Å²) in [6, 6.07) is 3.73. The van der Waals surface area contributed by atoms with Crippen LogP contribution >= 0.6 is 11.3 Å². The number of rotatable bonds is 6. The van der Waals surface area contributed by atoms with E-state index in [0.29, 0.717) is 26.4 Å². The van der Waals surface area contributed by atoms with E-state index < -0.39 is 6.10 Å². The van der Waals surface area contributed by atoms with Gasteiger partial charge < -0.3 is 19.9 Å². The van der Waals surface area contributed by atoms with Crippen molar-refractivity contribution in [3.63, 3.8) is 0 Å². The largest absolute Gasteiger partial charge is 0.386 e. The summed E-state index contributed by atoms with van der Waals surface area (Å²) in [4.78, 5) is 12.9. The number of thiophene rings is 1. The lowest BCUT2D eigenvalue weighted by Crippen LogP contribution is -2.39. The summed E-state index contributed by atoms with van der Waals surface area (Å²) in [5, 5.41) is 22.4. The fourth-order valence-corrected chi connectivity index (χ4v) is 2.89. The molecule has 0 unspecified atom stereocenters. The zero-order chi connectivity index (χ0) is 16.1. The highest BCUT2D eigenvalue weighted by atomic mass is 32.1. The van der Waals surface area contributed by atoms with Crippen LogP contribution < -0.4 is 5.32 Å². The van der Waals surface area contributed by atoms with Crippen LogP contribution in [0.25, 0.3) is 0 Å². The van der Waals surface area contributed by atoms with Gasteiger partial charge in [-0.2, -0.15) is 0 Å². The zero-order valence-electron chi connectivity index (χ0n) is 12.4. The summed E-state index contributed by atoms with van der Waals surface area (Å²) in [7, 11) is 0. The smallest absolute Gasteiger partial charge is 0.273 e. The van der Waals surface area contributed by atoms with E-state index in [9.17, 15) is 9.90 Å². The molecule has 1 aliphatic rings. The minimum atomic E-state index is -0.666. The van der Waals surface area contributed by atoms with Gasteiger partial charge in [-0.25, -0.2) is 4.68 Å². The molecule has 0 bridgehead atoms. The number of ether oxygens (including phenoxy) is 2. The first kappa shape index (κ1) is 16.1. The van der Waals surface area contributed by atoms with Crippen molar-refractivity contribution in [3.8, 4) is 0 Å². The summed E-state index contributed by atoms with van der Waals surface area (Å²) in [5.74, 6) is -0.323. The van der Waals surface area contributed by atoms with Crippen LogP contribution in [0, 0.1) is 0 Å². The molecule has 3 heterocycles. The van der Waals surface area contributed by atoms with Gasteiger partial charge in [-0.15, -0.1) is 16.4 Å². The van der Waals surface area contributed by atoms with E-state index in [4.69, 9.17) is 9.47 Å². The number of aromatic nitrogens is 3. The Morgan fingerprint density at radius 1 is 1.57 bits per heavy atom. The highest BCUT2D eigenvalue weighted by Crippen LogP contribution is 2.19. The van der Waals surface area contributed by atoms with E-state index in [0.717, 1.165) is 4.88 Å². The molecule has 1 fully saturated rings. The van der Waals surface area contributed by atoms with Crippen molar-refractivity contribution in [1.82, 2.24) is 20.3 Å². The molecule has 0 aliphatic carbocycles. The number of amides is 1. The van der Waals surface area contributed by atoms with Crippen LogP contribution in [0.15, 0.2) is 23.7 Å². The second-order valence-electron chi connectivity index (χ2n) is 5.13. The van der Waals surface area contributed by atoms with E-state index in [1.54, 1.807) is 0 Å². The fraction of sp³-hybridized carbons (Fsp3) is 0.500. The molecule has 0 saturated carbocycles. The van der Waals surface area contributed by atoms with Gasteiger partial charge in [0, 0.05) is 11.4 Å². The second kappa shape index (κ2) is 7.64. The van der Waals surface area contributed by atoms with Crippen molar-refractivity contribution in [1.29, 1.82) is 0 Å². The first-order valence-corrected chi connectivity index (χ1v) is 8.19. The minimum absolute atomic E-state index is 0.136. The van der Waals surface area contributed by atoms with Crippen molar-refractivity contribution in [3.05, 3.63) is 34.3 Å². The van der Waals surface area contributed by atoms with E-state index in [1.165, 1.54) is 22.2 Å². The Balaban J connectivity index is 1.50. The Morgan fingerprint density at radius 3 is 3.22 bits per heavy atom. The minimum Gasteiger partial charge on any atom is -0.386 e. The molecule has 0 radical (unpaired) electrons. The third kappa shape index (κ3) is 4.35. The maximum absolute atomic E-state index is 12.0. The van der Waals surface area contributed by atoms with Gasteiger partial charge in [0.1, 0.15) is 6.10 Å². The van der Waals surface area contributed by atoms with Gasteiger partial charge in [-0.1, -0.05) is 11.3 Å². The highest BCUT2D eigenvalue weighted by molar-refractivity contribution is 7.10. The number of aliphatic hydroxyl groups excluding tert-OH is 1. The van der Waals surface area contributed by atoms with E-state index >= 15 is 0 Å². The normalized spacial score (nSPS) is 19.4. The molecule has 2 aromatic heterocycles. The molecule has 1 aliphatic heterocycles. The topological polar surface area (TPSA) is 98.5 Å². The molecule has 8 nitrogen and oxygen atoms in total. The van der Waals surface area contributed by atoms with Gasteiger partial charge >= 0.3 is 0 Å². The molecule has 0 aromatic carbocycles. The average molecular weight is 338 g/mol. The van der Waals surface area contributed by atoms with E-state index in [1.807, 2.05) is 17.5 Å². The number of hydrogen-bond acceptors (Lipinski definition) is 7. The Hall–Kier alpha value is -1.81. The number of nitrogens with zero attached hydrogens (tertiary/aromatic N) is 3. The third-order valence-electron chi connectivity index (χ3n) is 3.38. The molecular weight excluding hydrogens is 320 g/mol. The Kier molecular flexibility index (Phi) is 5.34. The number of nitrogens with one attached hydrogen (secondary N) is 1. The van der Waals surface area contributed by atoms with Crippen molar-refractivity contribution in [2.75, 3.05) is 26.4 Å². The number of carbonyl (C=O) groups is 1. The summed E-state index contributed by atoms with van der Waals surface area (Å²) >= 11 is 1.47. The van der Waals surface area contributed by atoms with Crippen LogP contribution in [-0.2, 0) is 16.0 Å². The quantitative estimate of drug-likeness (QED) is 0.782. The lowest BCUT2D eigenvalue weighted by Gasteiger charge is -2.22. The molecule has 1 saturated heterocycles. The van der Waals surface area contributed by atoms with Crippen LogP contribution in [0.3, 0.4) is 0 Å². The predicted octanol–water partition coefficient (Wildman–Crippen LogP) is 0.218. The molecule has 9 heteroatoms. The molecule has 23 heavy (non-hydrogen) atoms. The fourth-order valence-electron chi connectivity index (χ4n) is 2.19. The van der Waals surface area contributed by atoms with Gasteiger partial charge in [-0.3, -0.25) is 4.79 Å². The summed E-state index contributed by atoms with van der Waals surface area (Å²) < 4.78 is 12.2. The first-order chi connectivity index (χ1) is 11.2. The average Bonchev–Trinajstić information content (AvgIpc) is 3.25. The molecule has 1 amide bonds. The Labute approximate surface area is 137 Å². The molecule has 124 valence electrons. The lowest BCUT2D eigenvalue weighted by molar-refractivity contribution is -0.0855. The molecule has 2 N–H and O–H groups in total. The van der Waals surface area contributed by atoms with Crippen LogP contribution in [-0.4, -0.2) is 58.5 Å². The monoisotopic (exact) mass is 338 g/mol. The standard InChI is InChI=1S/C14H18N4O4S/c19-12(13-2-1-5-23-13)8-18-7-11(16-17-18)14(20)15-6-10-9-21-3-4-22-10/h1-2,5,7,10,12,19H,3-4,6,8-9H2,(H,15,20)/t10-,12+/m0/s1. The molecule has 2 aromatic rings. The third-order valence-corrected chi connectivity index (χ3v) is 4.35. The van der Waals surface area contributed by atoms with Gasteiger partial charge in [0.25, 0.3) is 5.91 Å². The Bertz CT molecular complexity index is 625. The second-order valence-corrected chi connectivity index (χ2v) is 6.11. The van der Waals surface area contributed by atoms with Crippen molar-refractivity contribution in [2.45, 2.75) is 18.8 Å². The van der Waals surface area contributed by atoms with Crippen molar-refractivity contribution in [2.24, 2.45) is 0 Å². The van der Waals surface area contributed by atoms with Crippen molar-refractivity contribution < 1.29 is 19.4 Å². The lowest BCUT2D eigenvalue weighted by atomic mass is 10.3. The van der Waals surface area contributed by atoms with E-state index in [-0.39, 0.29) is 24.2 Å². The molecule has 2 atom stereocenters. The number of aliphatic hydroxyl groups is 1. The predicted molar refractivity (Wildman–Crippen MR) is 82.2 cm³/mol. The van der Waals surface area contributed by atoms with Crippen LogP contribution in [0.5, 0.6) is 0 Å². The maximum atomic E-state index is 12.0. The van der Waals surface area contributed by atoms with Crippen LogP contribution in [0.4, 0.5) is 0 Å². The summed E-state index contributed by atoms with van der Waals surface area (Å²) in [5.41, 5.74) is 0.208. The van der Waals surface area contributed by atoms with Gasteiger partial charge in [0.15, 0.2) is 5.69 Å². The van der Waals surface area contributed by atoms with Crippen LogP contribution in [0.1, 0.15) is 21.5 Å². The number of hydrogen-bond donors (Lipinski definition) is 2. The molecule has 0 spiro atoms. The van der Waals surface area contributed by atoms with E-state index in [2.05, 4.69) is 15.6 Å². The Morgan fingerprint density at radius 2 is 2.48 bits per heavy atom. The first-order valence-electron chi connectivity index (χ1n) is 7.31. The van der Waals surface area contributed by atoms with Gasteiger partial charge in [0.05, 0.1) is 38.7 Å². The summed E-state index contributed by atoms with van der Waals surface area (Å²) in [6.07, 6.45) is 0.716.